The second-order valence-corrected chi connectivity index (χ2v) is 8.59. The molecule has 3 rings (SSSR count). The predicted molar refractivity (Wildman–Crippen MR) is 95.7 cm³/mol. The van der Waals surface area contributed by atoms with Crippen LogP contribution in [0.25, 0.3) is 0 Å². The number of hydrogen-bond donors (Lipinski definition) is 3. The molecule has 0 bridgehead atoms. The summed E-state index contributed by atoms with van der Waals surface area (Å²) in [6.45, 7) is 7.16. The lowest BCUT2D eigenvalue weighted by Gasteiger charge is -2.46. The first-order valence-electron chi connectivity index (χ1n) is 8.94. The van der Waals surface area contributed by atoms with Crippen molar-refractivity contribution in [1.82, 2.24) is 9.80 Å². The van der Waals surface area contributed by atoms with E-state index in [4.69, 9.17) is 5.73 Å². The zero-order valence-corrected chi connectivity index (χ0v) is 15.5. The highest BCUT2D eigenvalue weighted by Gasteiger charge is 2.60. The highest BCUT2D eigenvalue weighted by Crippen LogP contribution is 2.51. The van der Waals surface area contributed by atoms with Crippen molar-refractivity contribution in [2.75, 3.05) is 26.2 Å². The van der Waals surface area contributed by atoms with E-state index in [-0.39, 0.29) is 23.6 Å². The molecule has 3 heterocycles. The molecule has 3 aliphatic rings. The van der Waals surface area contributed by atoms with Crippen LogP contribution in [0.1, 0.15) is 26.7 Å². The summed E-state index contributed by atoms with van der Waals surface area (Å²) in [4.78, 5) is 28.7. The Kier molecular flexibility index (Phi) is 5.43. The molecule has 0 aromatic rings. The average molecular weight is 369 g/mol. The van der Waals surface area contributed by atoms with Crippen molar-refractivity contribution in [1.29, 1.82) is 0 Å². The fourth-order valence-corrected chi connectivity index (χ4v) is 5.79. The molecule has 0 saturated carbocycles. The van der Waals surface area contributed by atoms with E-state index in [1.807, 2.05) is 6.92 Å². The number of amides is 1. The van der Waals surface area contributed by atoms with Crippen molar-refractivity contribution in [2.24, 2.45) is 17.6 Å². The smallest absolute Gasteiger partial charge is 0.353 e. The molecule has 5 atom stereocenters. The zero-order chi connectivity index (χ0) is 18.3. The lowest BCUT2D eigenvalue weighted by atomic mass is 9.79. The number of nitrogens with zero attached hydrogens (tertiary/aromatic N) is 2. The lowest BCUT2D eigenvalue weighted by molar-refractivity contribution is -0.163. The number of carbonyl (C=O) groups excluding carboxylic acids is 1. The van der Waals surface area contributed by atoms with Crippen molar-refractivity contribution < 1.29 is 19.8 Å². The van der Waals surface area contributed by atoms with Crippen LogP contribution >= 0.6 is 11.8 Å². The summed E-state index contributed by atoms with van der Waals surface area (Å²) in [7, 11) is 0. The van der Waals surface area contributed by atoms with Crippen LogP contribution in [0.4, 0.5) is 0 Å². The van der Waals surface area contributed by atoms with Gasteiger partial charge in [-0.15, -0.1) is 11.8 Å². The molecule has 0 unspecified atom stereocenters. The monoisotopic (exact) mass is 369 g/mol. The highest BCUT2D eigenvalue weighted by molar-refractivity contribution is 8.03. The van der Waals surface area contributed by atoms with Crippen LogP contribution < -0.4 is 5.73 Å². The van der Waals surface area contributed by atoms with E-state index in [2.05, 4.69) is 4.90 Å². The van der Waals surface area contributed by atoms with Gasteiger partial charge in [0.1, 0.15) is 5.70 Å². The molecule has 2 fully saturated rings. The third-order valence-electron chi connectivity index (χ3n) is 5.51. The van der Waals surface area contributed by atoms with E-state index in [0.29, 0.717) is 11.8 Å². The fraction of sp³-hybridized carbons (Fsp3) is 0.765. The lowest BCUT2D eigenvalue weighted by Crippen LogP contribution is -2.63. The van der Waals surface area contributed by atoms with Gasteiger partial charge in [0.2, 0.25) is 5.91 Å². The SMILES string of the molecule is C[C@@H](O)[C@H]1C(=O)N2C(C(=O)O)=C(S[C@@H]3CCN(CCCN)C3)[C@H](C)[C@H]12. The van der Waals surface area contributed by atoms with E-state index in [9.17, 15) is 19.8 Å². The van der Waals surface area contributed by atoms with Gasteiger partial charge < -0.3 is 25.7 Å². The number of aliphatic hydroxyl groups is 1. The third-order valence-corrected chi connectivity index (χ3v) is 7.05. The minimum atomic E-state index is -1.05. The number of aliphatic carboxylic acids is 1. The molecule has 25 heavy (non-hydrogen) atoms. The number of thioether (sulfide) groups is 1. The average Bonchev–Trinajstić information content (AvgIpc) is 3.08. The Balaban J connectivity index is 1.74. The number of aliphatic hydroxyl groups excluding tert-OH is 1. The van der Waals surface area contributed by atoms with Gasteiger partial charge in [-0.1, -0.05) is 6.92 Å². The standard InChI is InChI=1S/C17H27N3O4S/c1-9-13-12(10(2)21)16(22)20(13)14(17(23)24)15(9)25-11-4-7-19(8-11)6-3-5-18/h9-13,21H,3-8,18H2,1-2H3,(H,23,24)/t9-,10-,11-,12-,13-/m1/s1. The maximum absolute atomic E-state index is 12.3. The molecule has 8 heteroatoms. The Hall–Kier alpha value is -1.09. The molecular formula is C17H27N3O4S. The summed E-state index contributed by atoms with van der Waals surface area (Å²) in [5.74, 6) is -1.86. The third kappa shape index (κ3) is 3.20. The molecule has 1 amide bonds. The van der Waals surface area contributed by atoms with Gasteiger partial charge in [0.25, 0.3) is 0 Å². The van der Waals surface area contributed by atoms with E-state index in [1.165, 1.54) is 4.90 Å². The summed E-state index contributed by atoms with van der Waals surface area (Å²) >= 11 is 1.61. The van der Waals surface area contributed by atoms with Crippen LogP contribution in [0.5, 0.6) is 0 Å². The van der Waals surface area contributed by atoms with Crippen molar-refractivity contribution >= 4 is 23.6 Å². The van der Waals surface area contributed by atoms with Gasteiger partial charge in [0.15, 0.2) is 0 Å². The van der Waals surface area contributed by atoms with Gasteiger partial charge in [-0.25, -0.2) is 4.79 Å². The van der Waals surface area contributed by atoms with Crippen LogP contribution in [0.2, 0.25) is 0 Å². The largest absolute Gasteiger partial charge is 0.477 e. The van der Waals surface area contributed by atoms with Crippen LogP contribution in [0.3, 0.4) is 0 Å². The Bertz CT molecular complexity index is 594. The quantitative estimate of drug-likeness (QED) is 0.554. The molecular weight excluding hydrogens is 342 g/mol. The number of nitrogens with two attached hydrogens (primary N) is 1. The molecule has 0 aromatic carbocycles. The molecule has 7 nitrogen and oxygen atoms in total. The molecule has 2 saturated heterocycles. The molecule has 140 valence electrons. The summed E-state index contributed by atoms with van der Waals surface area (Å²) < 4.78 is 0. The van der Waals surface area contributed by atoms with Gasteiger partial charge in [0, 0.05) is 22.6 Å². The molecule has 0 aromatic heterocycles. The number of likely N-dealkylation sites (tertiary alicyclic amines) is 1. The first-order valence-corrected chi connectivity index (χ1v) is 9.82. The van der Waals surface area contributed by atoms with Crippen molar-refractivity contribution in [2.45, 2.75) is 44.1 Å². The van der Waals surface area contributed by atoms with Crippen molar-refractivity contribution in [3.8, 4) is 0 Å². The van der Waals surface area contributed by atoms with Gasteiger partial charge in [-0.3, -0.25) is 4.79 Å². The molecule has 3 aliphatic heterocycles. The van der Waals surface area contributed by atoms with E-state index in [0.717, 1.165) is 37.4 Å². The Labute approximate surface area is 152 Å². The number of carboxylic acid groups (broad SMARTS) is 1. The van der Waals surface area contributed by atoms with Crippen LogP contribution in [0, 0.1) is 11.8 Å². The molecule has 0 radical (unpaired) electrons. The number of rotatable bonds is 7. The predicted octanol–water partition coefficient (Wildman–Crippen LogP) is 0.296. The maximum Gasteiger partial charge on any atom is 0.353 e. The van der Waals surface area contributed by atoms with E-state index < -0.39 is 18.0 Å². The minimum absolute atomic E-state index is 0.0495. The summed E-state index contributed by atoms with van der Waals surface area (Å²) in [6, 6.07) is -0.226. The van der Waals surface area contributed by atoms with Crippen LogP contribution in [-0.2, 0) is 9.59 Å². The highest BCUT2D eigenvalue weighted by atomic mass is 32.2. The van der Waals surface area contributed by atoms with Crippen molar-refractivity contribution in [3.05, 3.63) is 10.6 Å². The number of β-lactam (4-membered cyclic amide) rings is 1. The first-order chi connectivity index (χ1) is 11.9. The van der Waals surface area contributed by atoms with Crippen LogP contribution in [-0.4, -0.2) is 75.5 Å². The molecule has 0 aliphatic carbocycles. The van der Waals surface area contributed by atoms with E-state index >= 15 is 0 Å². The summed E-state index contributed by atoms with van der Waals surface area (Å²) in [5, 5.41) is 19.9. The number of fused-ring (bicyclic) bond motifs is 1. The first kappa shape index (κ1) is 18.7. The van der Waals surface area contributed by atoms with Crippen LogP contribution in [0.15, 0.2) is 10.6 Å². The normalized spacial score (nSPS) is 33.6. The fourth-order valence-electron chi connectivity index (χ4n) is 4.27. The van der Waals surface area contributed by atoms with Gasteiger partial charge >= 0.3 is 5.97 Å². The van der Waals surface area contributed by atoms with Gasteiger partial charge in [-0.2, -0.15) is 0 Å². The molecule has 0 spiro atoms. The number of hydrogen-bond acceptors (Lipinski definition) is 6. The zero-order valence-electron chi connectivity index (χ0n) is 14.7. The van der Waals surface area contributed by atoms with Crippen molar-refractivity contribution in [3.63, 3.8) is 0 Å². The second-order valence-electron chi connectivity index (χ2n) is 7.24. The summed E-state index contributed by atoms with van der Waals surface area (Å²) in [6.07, 6.45) is 1.22. The Morgan fingerprint density at radius 2 is 2.20 bits per heavy atom. The topological polar surface area (TPSA) is 107 Å². The van der Waals surface area contributed by atoms with Gasteiger partial charge in [0.05, 0.1) is 18.1 Å². The van der Waals surface area contributed by atoms with Gasteiger partial charge in [-0.05, 0) is 39.4 Å². The number of carboxylic acids is 1. The van der Waals surface area contributed by atoms with E-state index in [1.54, 1.807) is 18.7 Å². The molecule has 4 N–H and O–H groups in total. The summed E-state index contributed by atoms with van der Waals surface area (Å²) in [5.41, 5.74) is 5.70. The Morgan fingerprint density at radius 1 is 1.48 bits per heavy atom. The maximum atomic E-state index is 12.3. The second kappa shape index (κ2) is 7.26. The number of carbonyl (C=O) groups is 2. The Morgan fingerprint density at radius 3 is 2.80 bits per heavy atom. The minimum Gasteiger partial charge on any atom is -0.477 e.